The van der Waals surface area contributed by atoms with E-state index in [9.17, 15) is 9.59 Å². The molecule has 0 unspecified atom stereocenters. The van der Waals surface area contributed by atoms with Gasteiger partial charge in [-0.1, -0.05) is 12.1 Å². The fourth-order valence-electron chi connectivity index (χ4n) is 2.07. The number of carboxylic acid groups (broad SMARTS) is 1. The zero-order valence-corrected chi connectivity index (χ0v) is 9.98. The lowest BCUT2D eigenvalue weighted by Gasteiger charge is -2.11. The molecular weight excluding hydrogens is 232 g/mol. The first-order chi connectivity index (χ1) is 8.65. The molecule has 3 N–H and O–H groups in total. The number of hydrogen-bond acceptors (Lipinski definition) is 3. The van der Waals surface area contributed by atoms with Crippen molar-refractivity contribution in [1.29, 1.82) is 0 Å². The van der Waals surface area contributed by atoms with Crippen LogP contribution in [0, 0.1) is 0 Å². The molecule has 0 spiro atoms. The van der Waals surface area contributed by atoms with Gasteiger partial charge in [0.1, 0.15) is 0 Å². The van der Waals surface area contributed by atoms with E-state index in [2.05, 4.69) is 10.6 Å². The maximum Gasteiger partial charge on any atom is 0.307 e. The Morgan fingerprint density at radius 3 is 2.94 bits per heavy atom. The van der Waals surface area contributed by atoms with Gasteiger partial charge in [-0.25, -0.2) is 0 Å². The maximum atomic E-state index is 11.9. The molecule has 0 aromatic heterocycles. The molecule has 0 radical (unpaired) electrons. The Kier molecular flexibility index (Phi) is 3.94. The van der Waals surface area contributed by atoms with E-state index >= 15 is 0 Å². The third kappa shape index (κ3) is 3.30. The van der Waals surface area contributed by atoms with Crippen LogP contribution in [0.3, 0.4) is 0 Å². The van der Waals surface area contributed by atoms with Gasteiger partial charge < -0.3 is 15.7 Å². The molecule has 5 nitrogen and oxygen atoms in total. The molecule has 1 atom stereocenters. The summed E-state index contributed by atoms with van der Waals surface area (Å²) in [5.74, 6) is -0.934. The number of hydrogen-bond donors (Lipinski definition) is 3. The lowest BCUT2D eigenvalue weighted by Crippen LogP contribution is -2.35. The van der Waals surface area contributed by atoms with Crippen LogP contribution < -0.4 is 10.6 Å². The Balaban J connectivity index is 2.00. The highest BCUT2D eigenvalue weighted by atomic mass is 16.4. The van der Waals surface area contributed by atoms with E-state index in [1.165, 1.54) is 0 Å². The van der Waals surface area contributed by atoms with Gasteiger partial charge in [-0.3, -0.25) is 9.59 Å². The van der Waals surface area contributed by atoms with Crippen LogP contribution in [0.5, 0.6) is 0 Å². The zero-order chi connectivity index (χ0) is 13.0. The van der Waals surface area contributed by atoms with Gasteiger partial charge in [-0.2, -0.15) is 0 Å². The molecule has 18 heavy (non-hydrogen) atoms. The normalized spacial score (nSPS) is 18.6. The number of carboxylic acids is 1. The molecule has 1 saturated heterocycles. The summed E-state index contributed by atoms with van der Waals surface area (Å²) in [5, 5.41) is 14.6. The van der Waals surface area contributed by atoms with Gasteiger partial charge in [0.05, 0.1) is 12.5 Å². The van der Waals surface area contributed by atoms with Crippen molar-refractivity contribution in [3.63, 3.8) is 0 Å². The number of rotatable bonds is 4. The average Bonchev–Trinajstić information content (AvgIpc) is 2.81. The largest absolute Gasteiger partial charge is 0.481 e. The van der Waals surface area contributed by atoms with E-state index in [1.807, 2.05) is 0 Å². The molecule has 0 bridgehead atoms. The lowest BCUT2D eigenvalue weighted by atomic mass is 10.1. The minimum absolute atomic E-state index is 0.0363. The summed E-state index contributed by atoms with van der Waals surface area (Å²) >= 11 is 0. The highest BCUT2D eigenvalue weighted by Gasteiger charge is 2.21. The van der Waals surface area contributed by atoms with E-state index < -0.39 is 5.97 Å². The van der Waals surface area contributed by atoms with E-state index in [1.54, 1.807) is 24.3 Å². The van der Waals surface area contributed by atoms with Crippen molar-refractivity contribution >= 4 is 17.6 Å². The Hall–Kier alpha value is -1.88. The number of carbonyl (C=O) groups is 2. The Morgan fingerprint density at radius 2 is 2.28 bits per heavy atom. The van der Waals surface area contributed by atoms with Gasteiger partial charge >= 0.3 is 5.97 Å². The smallest absolute Gasteiger partial charge is 0.307 e. The molecule has 2 rings (SSSR count). The number of aliphatic carboxylic acids is 1. The molecule has 0 aliphatic carbocycles. The van der Waals surface area contributed by atoms with E-state index in [-0.39, 0.29) is 18.4 Å². The molecule has 0 saturated carbocycles. The zero-order valence-electron chi connectivity index (χ0n) is 9.98. The molecule has 1 heterocycles. The minimum atomic E-state index is -0.879. The van der Waals surface area contributed by atoms with Gasteiger partial charge in [-0.05, 0) is 37.1 Å². The topological polar surface area (TPSA) is 78.4 Å². The van der Waals surface area contributed by atoms with Gasteiger partial charge in [0.25, 0.3) is 0 Å². The van der Waals surface area contributed by atoms with Crippen molar-refractivity contribution in [3.05, 3.63) is 29.8 Å². The number of anilines is 1. The van der Waals surface area contributed by atoms with Gasteiger partial charge in [0.15, 0.2) is 0 Å². The number of nitrogens with one attached hydrogen (secondary N) is 2. The second-order valence-electron chi connectivity index (χ2n) is 4.41. The van der Waals surface area contributed by atoms with E-state index in [0.29, 0.717) is 11.3 Å². The fraction of sp³-hybridized carbons (Fsp3) is 0.385. The lowest BCUT2D eigenvalue weighted by molar-refractivity contribution is -0.136. The molecule has 1 aliphatic rings. The van der Waals surface area contributed by atoms with E-state index in [0.717, 1.165) is 19.4 Å². The molecule has 5 heteroatoms. The third-order valence-corrected chi connectivity index (χ3v) is 2.93. The SMILES string of the molecule is O=C(O)Cc1cccc(NC(=O)[C@@H]2CCCN2)c1. The summed E-state index contributed by atoms with van der Waals surface area (Å²) in [6.07, 6.45) is 1.82. The summed E-state index contributed by atoms with van der Waals surface area (Å²) in [4.78, 5) is 22.5. The number of amides is 1. The summed E-state index contributed by atoms with van der Waals surface area (Å²) in [7, 11) is 0. The van der Waals surface area contributed by atoms with Crippen LogP contribution in [0.1, 0.15) is 18.4 Å². The van der Waals surface area contributed by atoms with Gasteiger partial charge in [0, 0.05) is 5.69 Å². The van der Waals surface area contributed by atoms with Crippen molar-refractivity contribution in [2.45, 2.75) is 25.3 Å². The molecule has 1 aliphatic heterocycles. The molecule has 1 amide bonds. The molecule has 96 valence electrons. The van der Waals surface area contributed by atoms with Crippen molar-refractivity contribution < 1.29 is 14.7 Å². The van der Waals surface area contributed by atoms with Crippen molar-refractivity contribution in [2.75, 3.05) is 11.9 Å². The second-order valence-corrected chi connectivity index (χ2v) is 4.41. The second kappa shape index (κ2) is 5.64. The van der Waals surface area contributed by atoms with Gasteiger partial charge in [-0.15, -0.1) is 0 Å². The summed E-state index contributed by atoms with van der Waals surface area (Å²) < 4.78 is 0. The van der Waals surface area contributed by atoms with Crippen LogP contribution in [0.15, 0.2) is 24.3 Å². The van der Waals surface area contributed by atoms with E-state index in [4.69, 9.17) is 5.11 Å². The highest BCUT2D eigenvalue weighted by molar-refractivity contribution is 5.95. The number of carbonyl (C=O) groups excluding carboxylic acids is 1. The molecule has 1 fully saturated rings. The first-order valence-corrected chi connectivity index (χ1v) is 6.00. The summed E-state index contributed by atoms with van der Waals surface area (Å²) in [6.45, 7) is 0.872. The van der Waals surface area contributed by atoms with Crippen LogP contribution in [0.25, 0.3) is 0 Å². The van der Waals surface area contributed by atoms with Crippen molar-refractivity contribution in [2.24, 2.45) is 0 Å². The fourth-order valence-corrected chi connectivity index (χ4v) is 2.07. The maximum absolute atomic E-state index is 11.9. The summed E-state index contributed by atoms with van der Waals surface area (Å²) in [6, 6.07) is 6.81. The minimum Gasteiger partial charge on any atom is -0.481 e. The summed E-state index contributed by atoms with van der Waals surface area (Å²) in [5.41, 5.74) is 1.33. The van der Waals surface area contributed by atoms with Gasteiger partial charge in [0.2, 0.25) is 5.91 Å². The standard InChI is InChI=1S/C13H16N2O3/c16-12(17)8-9-3-1-4-10(7-9)15-13(18)11-5-2-6-14-11/h1,3-4,7,11,14H,2,5-6,8H2,(H,15,18)(H,16,17)/t11-/m0/s1. The van der Waals surface area contributed by atoms with Crippen LogP contribution in [0.2, 0.25) is 0 Å². The Bertz CT molecular complexity index is 453. The molecule has 1 aromatic carbocycles. The number of benzene rings is 1. The first kappa shape index (κ1) is 12.6. The third-order valence-electron chi connectivity index (χ3n) is 2.93. The average molecular weight is 248 g/mol. The molecular formula is C13H16N2O3. The first-order valence-electron chi connectivity index (χ1n) is 6.00. The van der Waals surface area contributed by atoms with Crippen LogP contribution >= 0.6 is 0 Å². The van der Waals surface area contributed by atoms with Crippen LogP contribution in [-0.2, 0) is 16.0 Å². The van der Waals surface area contributed by atoms with Crippen LogP contribution in [0.4, 0.5) is 5.69 Å². The predicted octanol–water partition coefficient (Wildman–Crippen LogP) is 1.00. The predicted molar refractivity (Wildman–Crippen MR) is 67.4 cm³/mol. The highest BCUT2D eigenvalue weighted by Crippen LogP contribution is 2.13. The van der Waals surface area contributed by atoms with Crippen molar-refractivity contribution in [3.8, 4) is 0 Å². The molecule has 1 aromatic rings. The Morgan fingerprint density at radius 1 is 1.44 bits per heavy atom. The van der Waals surface area contributed by atoms with Crippen LogP contribution in [-0.4, -0.2) is 29.6 Å². The monoisotopic (exact) mass is 248 g/mol. The van der Waals surface area contributed by atoms with Crippen molar-refractivity contribution in [1.82, 2.24) is 5.32 Å². The quantitative estimate of drug-likeness (QED) is 0.743. The Labute approximate surface area is 105 Å².